The van der Waals surface area contributed by atoms with Crippen LogP contribution in [0.5, 0.6) is 0 Å². The largest absolute Gasteiger partial charge is 0.466 e. The maximum absolute atomic E-state index is 13.6. The Kier molecular flexibility index (Phi) is 8.66. The topological polar surface area (TPSA) is 105 Å². The van der Waals surface area contributed by atoms with Gasteiger partial charge in [-0.2, -0.15) is 0 Å². The smallest absolute Gasteiger partial charge is 0.409 e. The number of ether oxygens (including phenoxy) is 2. The average molecular weight is 522 g/mol. The zero-order valence-electron chi connectivity index (χ0n) is 22.2. The molecule has 0 aromatic heterocycles. The van der Waals surface area contributed by atoms with E-state index >= 15 is 0 Å². The Bertz CT molecular complexity index is 1190. The first kappa shape index (κ1) is 27.2. The van der Waals surface area contributed by atoms with Crippen molar-refractivity contribution in [2.75, 3.05) is 26.3 Å². The molecule has 202 valence electrons. The summed E-state index contributed by atoms with van der Waals surface area (Å²) in [6, 6.07) is 12.3. The van der Waals surface area contributed by atoms with Crippen LogP contribution in [0, 0.1) is 6.92 Å². The third-order valence-electron chi connectivity index (χ3n) is 7.10. The standard InChI is InChI=1S/C29H35N3O6/c1-4-37-25(33)17-24(20-11-9-19(3)10-12-20)30-27(34)23-8-6-7-21-18-32(28(35)26(21)23)22-13-15-31(16-14-22)29(36)38-5-2/h6-12,22,24H,4-5,13-18H2,1-3H3,(H,30,34)/t24-/m0/s1. The van der Waals surface area contributed by atoms with Gasteiger partial charge in [0.2, 0.25) is 0 Å². The Morgan fingerprint density at radius 3 is 2.34 bits per heavy atom. The van der Waals surface area contributed by atoms with Crippen LogP contribution in [0.3, 0.4) is 0 Å². The Morgan fingerprint density at radius 1 is 1.00 bits per heavy atom. The number of carbonyl (C=O) groups excluding carboxylic acids is 4. The lowest BCUT2D eigenvalue weighted by Crippen LogP contribution is -2.47. The minimum absolute atomic E-state index is 0.0171. The zero-order chi connectivity index (χ0) is 27.2. The van der Waals surface area contributed by atoms with E-state index in [1.807, 2.05) is 37.3 Å². The lowest BCUT2D eigenvalue weighted by molar-refractivity contribution is -0.143. The molecule has 0 unspecified atom stereocenters. The summed E-state index contributed by atoms with van der Waals surface area (Å²) < 4.78 is 10.2. The molecule has 9 nitrogen and oxygen atoms in total. The minimum Gasteiger partial charge on any atom is -0.466 e. The average Bonchev–Trinajstić information content (AvgIpc) is 3.25. The fourth-order valence-electron chi connectivity index (χ4n) is 5.12. The molecule has 2 aliphatic heterocycles. The van der Waals surface area contributed by atoms with Crippen molar-refractivity contribution in [3.8, 4) is 0 Å². The number of hydrogen-bond acceptors (Lipinski definition) is 6. The molecule has 2 aromatic rings. The summed E-state index contributed by atoms with van der Waals surface area (Å²) in [6.07, 6.45) is 0.952. The van der Waals surface area contributed by atoms with E-state index in [2.05, 4.69) is 5.32 Å². The number of amides is 3. The summed E-state index contributed by atoms with van der Waals surface area (Å²) >= 11 is 0. The lowest BCUT2D eigenvalue weighted by Gasteiger charge is -2.36. The second-order valence-electron chi connectivity index (χ2n) is 9.64. The number of esters is 1. The molecule has 1 saturated heterocycles. The van der Waals surface area contributed by atoms with Crippen LogP contribution in [-0.4, -0.2) is 66.0 Å². The number of piperidine rings is 1. The number of hydrogen-bond donors (Lipinski definition) is 1. The maximum atomic E-state index is 13.6. The molecule has 0 saturated carbocycles. The van der Waals surface area contributed by atoms with Crippen molar-refractivity contribution in [1.82, 2.24) is 15.1 Å². The van der Waals surface area contributed by atoms with Crippen LogP contribution in [0.2, 0.25) is 0 Å². The molecule has 1 atom stereocenters. The van der Waals surface area contributed by atoms with Crippen LogP contribution in [0.15, 0.2) is 42.5 Å². The summed E-state index contributed by atoms with van der Waals surface area (Å²) in [6.45, 7) is 7.52. The maximum Gasteiger partial charge on any atom is 0.409 e. The van der Waals surface area contributed by atoms with E-state index in [1.54, 1.807) is 35.8 Å². The number of rotatable bonds is 8. The number of carbonyl (C=O) groups is 4. The summed E-state index contributed by atoms with van der Waals surface area (Å²) in [4.78, 5) is 54.9. The van der Waals surface area contributed by atoms with Crippen LogP contribution in [0.25, 0.3) is 0 Å². The Hall–Kier alpha value is -3.88. The molecular weight excluding hydrogens is 486 g/mol. The van der Waals surface area contributed by atoms with Gasteiger partial charge in [-0.25, -0.2) is 4.79 Å². The van der Waals surface area contributed by atoms with Crippen molar-refractivity contribution in [2.45, 2.75) is 58.7 Å². The first-order valence-corrected chi connectivity index (χ1v) is 13.2. The fourth-order valence-corrected chi connectivity index (χ4v) is 5.12. The Labute approximate surface area is 223 Å². The van der Waals surface area contributed by atoms with Crippen LogP contribution in [0.4, 0.5) is 4.79 Å². The Balaban J connectivity index is 1.50. The van der Waals surface area contributed by atoms with Gasteiger partial charge in [-0.1, -0.05) is 42.0 Å². The highest BCUT2D eigenvalue weighted by atomic mass is 16.6. The van der Waals surface area contributed by atoms with Gasteiger partial charge < -0.3 is 24.6 Å². The quantitative estimate of drug-likeness (QED) is 0.527. The molecule has 0 radical (unpaired) electrons. The number of fused-ring (bicyclic) bond motifs is 1. The Morgan fingerprint density at radius 2 is 1.68 bits per heavy atom. The highest BCUT2D eigenvalue weighted by Crippen LogP contribution is 2.31. The van der Waals surface area contributed by atoms with Crippen LogP contribution >= 0.6 is 0 Å². The van der Waals surface area contributed by atoms with Crippen molar-refractivity contribution in [3.05, 3.63) is 70.3 Å². The molecule has 1 N–H and O–H groups in total. The van der Waals surface area contributed by atoms with E-state index in [4.69, 9.17) is 9.47 Å². The second kappa shape index (κ2) is 12.1. The van der Waals surface area contributed by atoms with E-state index in [-0.39, 0.29) is 31.1 Å². The fraction of sp³-hybridized carbons (Fsp3) is 0.448. The number of nitrogens with one attached hydrogen (secondary N) is 1. The van der Waals surface area contributed by atoms with Crippen LogP contribution in [-0.2, 0) is 20.8 Å². The predicted octanol–water partition coefficient (Wildman–Crippen LogP) is 4.00. The van der Waals surface area contributed by atoms with Crippen molar-refractivity contribution >= 4 is 23.9 Å². The molecule has 2 aromatic carbocycles. The van der Waals surface area contributed by atoms with E-state index < -0.39 is 17.9 Å². The predicted molar refractivity (Wildman–Crippen MR) is 141 cm³/mol. The lowest BCUT2D eigenvalue weighted by atomic mass is 9.99. The van der Waals surface area contributed by atoms with E-state index in [0.717, 1.165) is 16.7 Å². The van der Waals surface area contributed by atoms with E-state index in [1.165, 1.54) is 0 Å². The van der Waals surface area contributed by atoms with Gasteiger partial charge in [0.05, 0.1) is 36.8 Å². The molecule has 1 fully saturated rings. The van der Waals surface area contributed by atoms with Gasteiger partial charge in [0.1, 0.15) is 0 Å². The number of benzene rings is 2. The molecule has 4 rings (SSSR count). The summed E-state index contributed by atoms with van der Waals surface area (Å²) in [7, 11) is 0. The molecule has 2 aliphatic rings. The molecule has 0 spiro atoms. The molecule has 9 heteroatoms. The van der Waals surface area contributed by atoms with Crippen molar-refractivity contribution in [1.29, 1.82) is 0 Å². The van der Waals surface area contributed by atoms with E-state index in [9.17, 15) is 19.2 Å². The zero-order valence-corrected chi connectivity index (χ0v) is 22.2. The SMILES string of the molecule is CCOC(=O)C[C@H](NC(=O)c1cccc2c1C(=O)N(C1CCN(C(=O)OCC)CC1)C2)c1ccc(C)cc1. The van der Waals surface area contributed by atoms with Crippen LogP contribution < -0.4 is 5.32 Å². The molecule has 0 aliphatic carbocycles. The second-order valence-corrected chi connectivity index (χ2v) is 9.64. The normalized spacial score (nSPS) is 16.1. The summed E-state index contributed by atoms with van der Waals surface area (Å²) in [5.41, 5.74) is 3.34. The van der Waals surface area contributed by atoms with Crippen molar-refractivity contribution in [3.63, 3.8) is 0 Å². The van der Waals surface area contributed by atoms with Gasteiger partial charge in [0, 0.05) is 25.7 Å². The summed E-state index contributed by atoms with van der Waals surface area (Å²) in [5, 5.41) is 2.96. The molecule has 2 heterocycles. The van der Waals surface area contributed by atoms with Gasteiger partial charge in [-0.05, 0) is 50.8 Å². The van der Waals surface area contributed by atoms with Gasteiger partial charge >= 0.3 is 12.1 Å². The molecule has 3 amide bonds. The minimum atomic E-state index is -0.599. The van der Waals surface area contributed by atoms with Crippen LogP contribution in [0.1, 0.15) is 76.6 Å². The van der Waals surface area contributed by atoms with E-state index in [0.29, 0.717) is 50.2 Å². The number of aryl methyl sites for hydroxylation is 1. The van der Waals surface area contributed by atoms with Gasteiger partial charge in [-0.15, -0.1) is 0 Å². The van der Waals surface area contributed by atoms with Crippen molar-refractivity contribution in [2.24, 2.45) is 0 Å². The third-order valence-corrected chi connectivity index (χ3v) is 7.10. The molecular formula is C29H35N3O6. The van der Waals surface area contributed by atoms with Gasteiger partial charge in [0.25, 0.3) is 11.8 Å². The third kappa shape index (κ3) is 5.98. The number of likely N-dealkylation sites (tertiary alicyclic amines) is 1. The number of nitrogens with zero attached hydrogens (tertiary/aromatic N) is 2. The first-order chi connectivity index (χ1) is 18.3. The molecule has 38 heavy (non-hydrogen) atoms. The highest BCUT2D eigenvalue weighted by molar-refractivity contribution is 6.09. The first-order valence-electron chi connectivity index (χ1n) is 13.2. The molecule has 0 bridgehead atoms. The monoisotopic (exact) mass is 521 g/mol. The van der Waals surface area contributed by atoms with Gasteiger partial charge in [0.15, 0.2) is 0 Å². The van der Waals surface area contributed by atoms with Crippen molar-refractivity contribution < 1.29 is 28.7 Å². The summed E-state index contributed by atoms with van der Waals surface area (Å²) in [5.74, 6) is -1.00. The highest BCUT2D eigenvalue weighted by Gasteiger charge is 2.38. The van der Waals surface area contributed by atoms with Gasteiger partial charge in [-0.3, -0.25) is 14.4 Å².